The van der Waals surface area contributed by atoms with Crippen molar-refractivity contribution in [1.29, 1.82) is 0 Å². The van der Waals surface area contributed by atoms with Gasteiger partial charge in [-0.05, 0) is 25.5 Å². The fraction of sp³-hybridized carbons (Fsp3) is 0.500. The zero-order chi connectivity index (χ0) is 13.5. The van der Waals surface area contributed by atoms with Crippen LogP contribution in [0.15, 0.2) is 18.2 Å². The molecule has 0 unspecified atom stereocenters. The van der Waals surface area contributed by atoms with E-state index in [1.165, 1.54) is 0 Å². The van der Waals surface area contributed by atoms with E-state index in [9.17, 15) is 4.79 Å². The molecule has 1 aromatic rings. The number of hydrogen-bond acceptors (Lipinski definition) is 2. The summed E-state index contributed by atoms with van der Waals surface area (Å²) in [7, 11) is 1.63. The van der Waals surface area contributed by atoms with E-state index in [4.69, 9.17) is 16.3 Å². The van der Waals surface area contributed by atoms with Crippen LogP contribution in [0.4, 0.5) is 0 Å². The third kappa shape index (κ3) is 4.00. The highest BCUT2D eigenvalue weighted by atomic mass is 35.5. The first-order valence-corrected chi connectivity index (χ1v) is 6.55. The van der Waals surface area contributed by atoms with Crippen LogP contribution < -0.4 is 0 Å². The van der Waals surface area contributed by atoms with Gasteiger partial charge in [0.25, 0.3) is 5.91 Å². The van der Waals surface area contributed by atoms with Crippen molar-refractivity contribution in [1.82, 2.24) is 4.90 Å². The summed E-state index contributed by atoms with van der Waals surface area (Å²) < 4.78 is 5.02. The van der Waals surface area contributed by atoms with Gasteiger partial charge in [-0.3, -0.25) is 4.79 Å². The molecule has 0 aliphatic heterocycles. The number of ether oxygens (including phenoxy) is 1. The highest BCUT2D eigenvalue weighted by molar-refractivity contribution is 6.18. The van der Waals surface area contributed by atoms with Crippen molar-refractivity contribution in [2.24, 2.45) is 0 Å². The lowest BCUT2D eigenvalue weighted by Crippen LogP contribution is -2.35. The highest BCUT2D eigenvalue weighted by Crippen LogP contribution is 2.13. The van der Waals surface area contributed by atoms with Gasteiger partial charge in [0.1, 0.15) is 0 Å². The molecule has 1 aromatic carbocycles. The normalized spacial score (nSPS) is 10.4. The van der Waals surface area contributed by atoms with E-state index in [1.54, 1.807) is 12.0 Å². The van der Waals surface area contributed by atoms with Crippen molar-refractivity contribution >= 4 is 17.5 Å². The van der Waals surface area contributed by atoms with Crippen molar-refractivity contribution in [2.45, 2.75) is 13.8 Å². The Morgan fingerprint density at radius 3 is 2.67 bits per heavy atom. The average Bonchev–Trinajstić information content (AvgIpc) is 2.36. The summed E-state index contributed by atoms with van der Waals surface area (Å²) >= 11 is 5.74. The number of methoxy groups -OCH3 is 1. The van der Waals surface area contributed by atoms with Crippen LogP contribution in [0.3, 0.4) is 0 Å². The zero-order valence-corrected chi connectivity index (χ0v) is 12.0. The third-order valence-corrected chi connectivity index (χ3v) is 3.00. The molecule has 1 amide bonds. The quantitative estimate of drug-likeness (QED) is 0.743. The minimum absolute atomic E-state index is 0.0221. The van der Waals surface area contributed by atoms with Gasteiger partial charge in [-0.15, -0.1) is 11.6 Å². The predicted molar refractivity (Wildman–Crippen MR) is 74.4 cm³/mol. The van der Waals surface area contributed by atoms with Crippen molar-refractivity contribution in [3.05, 3.63) is 34.9 Å². The van der Waals surface area contributed by atoms with Crippen molar-refractivity contribution in [3.63, 3.8) is 0 Å². The number of carbonyl (C=O) groups excluding carboxylic acids is 1. The molecular weight excluding hydrogens is 250 g/mol. The molecule has 0 saturated heterocycles. The summed E-state index contributed by atoms with van der Waals surface area (Å²) in [6.45, 7) is 5.55. The molecule has 0 aliphatic rings. The molecule has 0 N–H and O–H groups in total. The molecule has 0 atom stereocenters. The molecule has 0 aromatic heterocycles. The Morgan fingerprint density at radius 1 is 1.33 bits per heavy atom. The molecule has 18 heavy (non-hydrogen) atoms. The number of amides is 1. The number of hydrogen-bond donors (Lipinski definition) is 0. The van der Waals surface area contributed by atoms with Crippen LogP contribution in [0.1, 0.15) is 21.5 Å². The van der Waals surface area contributed by atoms with Gasteiger partial charge in [0, 0.05) is 31.6 Å². The van der Waals surface area contributed by atoms with Gasteiger partial charge in [0.2, 0.25) is 0 Å². The molecular formula is C14H20ClNO2. The summed E-state index contributed by atoms with van der Waals surface area (Å²) in [6.07, 6.45) is 0. The second kappa shape index (κ2) is 7.39. The van der Waals surface area contributed by atoms with Gasteiger partial charge in [-0.2, -0.15) is 0 Å². The molecule has 0 bridgehead atoms. The van der Waals surface area contributed by atoms with Crippen LogP contribution >= 0.6 is 11.6 Å². The molecule has 100 valence electrons. The summed E-state index contributed by atoms with van der Waals surface area (Å²) in [5.41, 5.74) is 2.82. The molecule has 0 aliphatic carbocycles. The second-order valence-corrected chi connectivity index (χ2v) is 4.67. The number of benzene rings is 1. The van der Waals surface area contributed by atoms with E-state index < -0.39 is 0 Å². The first-order chi connectivity index (χ1) is 8.60. The SMILES string of the molecule is COCCN(CCCl)C(=O)c1cc(C)ccc1C. The van der Waals surface area contributed by atoms with Gasteiger partial charge >= 0.3 is 0 Å². The molecule has 1 rings (SSSR count). The Labute approximate surface area is 114 Å². The minimum atomic E-state index is 0.0221. The number of aryl methyl sites for hydroxylation is 2. The van der Waals surface area contributed by atoms with E-state index >= 15 is 0 Å². The maximum atomic E-state index is 12.4. The van der Waals surface area contributed by atoms with E-state index in [0.717, 1.165) is 16.7 Å². The number of nitrogens with zero attached hydrogens (tertiary/aromatic N) is 1. The van der Waals surface area contributed by atoms with Crippen LogP contribution in [-0.4, -0.2) is 43.5 Å². The molecule has 0 heterocycles. The average molecular weight is 270 g/mol. The fourth-order valence-corrected chi connectivity index (χ4v) is 1.96. The lowest BCUT2D eigenvalue weighted by Gasteiger charge is -2.22. The second-order valence-electron chi connectivity index (χ2n) is 4.29. The smallest absolute Gasteiger partial charge is 0.254 e. The summed E-state index contributed by atoms with van der Waals surface area (Å²) in [5.74, 6) is 0.453. The van der Waals surface area contributed by atoms with Crippen molar-refractivity contribution in [2.75, 3.05) is 32.7 Å². The maximum absolute atomic E-state index is 12.4. The van der Waals surface area contributed by atoms with Gasteiger partial charge < -0.3 is 9.64 Å². The fourth-order valence-electron chi connectivity index (χ4n) is 1.75. The molecule has 0 radical (unpaired) electrons. The predicted octanol–water partition coefficient (Wildman–Crippen LogP) is 2.63. The van der Waals surface area contributed by atoms with Crippen LogP contribution in [0.5, 0.6) is 0 Å². The van der Waals surface area contributed by atoms with Gasteiger partial charge in [0.05, 0.1) is 6.61 Å². The summed E-state index contributed by atoms with van der Waals surface area (Å²) in [5, 5.41) is 0. The number of carbonyl (C=O) groups is 1. The van der Waals surface area contributed by atoms with Gasteiger partial charge in [0.15, 0.2) is 0 Å². The zero-order valence-electron chi connectivity index (χ0n) is 11.2. The minimum Gasteiger partial charge on any atom is -0.383 e. The van der Waals surface area contributed by atoms with E-state index in [-0.39, 0.29) is 5.91 Å². The summed E-state index contributed by atoms with van der Waals surface area (Å²) in [4.78, 5) is 14.2. The van der Waals surface area contributed by atoms with E-state index in [0.29, 0.717) is 25.6 Å². The lowest BCUT2D eigenvalue weighted by molar-refractivity contribution is 0.0707. The van der Waals surface area contributed by atoms with Gasteiger partial charge in [-0.25, -0.2) is 0 Å². The topological polar surface area (TPSA) is 29.5 Å². The Hall–Kier alpha value is -1.06. The molecule has 0 fully saturated rings. The summed E-state index contributed by atoms with van der Waals surface area (Å²) in [6, 6.07) is 5.90. The van der Waals surface area contributed by atoms with E-state index in [2.05, 4.69) is 0 Å². The standard InChI is InChI=1S/C14H20ClNO2/c1-11-4-5-12(2)13(10-11)14(17)16(7-6-15)8-9-18-3/h4-5,10H,6-9H2,1-3H3. The molecule has 0 spiro atoms. The highest BCUT2D eigenvalue weighted by Gasteiger charge is 2.16. The first-order valence-electron chi connectivity index (χ1n) is 6.01. The van der Waals surface area contributed by atoms with Crippen LogP contribution in [0.25, 0.3) is 0 Å². The Balaban J connectivity index is 2.90. The molecule has 3 nitrogen and oxygen atoms in total. The lowest BCUT2D eigenvalue weighted by atomic mass is 10.0. The van der Waals surface area contributed by atoms with E-state index in [1.807, 2.05) is 32.0 Å². The van der Waals surface area contributed by atoms with Gasteiger partial charge in [-0.1, -0.05) is 17.7 Å². The number of halogens is 1. The monoisotopic (exact) mass is 269 g/mol. The number of alkyl halides is 1. The molecule has 4 heteroatoms. The van der Waals surface area contributed by atoms with Crippen LogP contribution in [0, 0.1) is 13.8 Å². The largest absolute Gasteiger partial charge is 0.383 e. The van der Waals surface area contributed by atoms with Crippen LogP contribution in [-0.2, 0) is 4.74 Å². The van der Waals surface area contributed by atoms with Crippen molar-refractivity contribution < 1.29 is 9.53 Å². The Kier molecular flexibility index (Phi) is 6.16. The Bertz CT molecular complexity index is 407. The van der Waals surface area contributed by atoms with Crippen LogP contribution in [0.2, 0.25) is 0 Å². The number of rotatable bonds is 6. The third-order valence-electron chi connectivity index (χ3n) is 2.83. The molecule has 0 saturated carbocycles. The van der Waals surface area contributed by atoms with Crippen molar-refractivity contribution in [3.8, 4) is 0 Å². The maximum Gasteiger partial charge on any atom is 0.254 e. The first kappa shape index (κ1) is 15.0. The Morgan fingerprint density at radius 2 is 2.06 bits per heavy atom.